The largest absolute Gasteiger partial charge is 0.378 e. The molecular formula is C23H23N7O2. The second-order valence-corrected chi connectivity index (χ2v) is 7.43. The quantitative estimate of drug-likeness (QED) is 0.429. The number of hydrogen-bond acceptors (Lipinski definition) is 8. The van der Waals surface area contributed by atoms with Gasteiger partial charge in [0.1, 0.15) is 17.0 Å². The zero-order chi connectivity index (χ0) is 21.8. The summed E-state index contributed by atoms with van der Waals surface area (Å²) in [6.45, 7) is 3.75. The molecule has 0 radical (unpaired) electrons. The van der Waals surface area contributed by atoms with Gasteiger partial charge in [0, 0.05) is 36.7 Å². The molecule has 0 bridgehead atoms. The zero-order valence-corrected chi connectivity index (χ0v) is 17.4. The van der Waals surface area contributed by atoms with E-state index < -0.39 is 0 Å². The molecule has 1 fully saturated rings. The summed E-state index contributed by atoms with van der Waals surface area (Å²) < 4.78 is 5.42. The summed E-state index contributed by atoms with van der Waals surface area (Å²) in [5.41, 5.74) is 3.18. The van der Waals surface area contributed by atoms with E-state index in [2.05, 4.69) is 47.6 Å². The first-order valence-corrected chi connectivity index (χ1v) is 10.5. The molecule has 9 nitrogen and oxygen atoms in total. The summed E-state index contributed by atoms with van der Waals surface area (Å²) in [6.07, 6.45) is 3.15. The molecule has 0 atom stereocenters. The molecule has 0 spiro atoms. The van der Waals surface area contributed by atoms with E-state index in [1.807, 2.05) is 30.3 Å². The lowest BCUT2D eigenvalue weighted by atomic mass is 10.2. The van der Waals surface area contributed by atoms with Gasteiger partial charge in [-0.15, -0.1) is 0 Å². The van der Waals surface area contributed by atoms with Gasteiger partial charge in [0.2, 0.25) is 0 Å². The maximum Gasteiger partial charge on any atom is 0.262 e. The first kappa shape index (κ1) is 20.0. The number of aromatic nitrogens is 4. The smallest absolute Gasteiger partial charge is 0.262 e. The minimum atomic E-state index is -0.244. The summed E-state index contributed by atoms with van der Waals surface area (Å²) in [7, 11) is 0. The number of anilines is 4. The number of nitrogens with zero attached hydrogens (tertiary/aromatic N) is 4. The predicted octanol–water partition coefficient (Wildman–Crippen LogP) is 2.91. The van der Waals surface area contributed by atoms with Crippen LogP contribution in [-0.2, 0) is 11.3 Å². The Morgan fingerprint density at radius 2 is 1.91 bits per heavy atom. The van der Waals surface area contributed by atoms with Crippen molar-refractivity contribution in [1.29, 1.82) is 0 Å². The zero-order valence-electron chi connectivity index (χ0n) is 17.4. The van der Waals surface area contributed by atoms with Gasteiger partial charge in [0.25, 0.3) is 5.56 Å². The fourth-order valence-electron chi connectivity index (χ4n) is 3.67. The summed E-state index contributed by atoms with van der Waals surface area (Å²) in [4.78, 5) is 30.7. The van der Waals surface area contributed by atoms with Crippen molar-refractivity contribution in [3.05, 3.63) is 77.1 Å². The van der Waals surface area contributed by atoms with E-state index in [-0.39, 0.29) is 5.56 Å². The first-order chi connectivity index (χ1) is 15.8. The molecule has 0 unspecified atom stereocenters. The van der Waals surface area contributed by atoms with Crippen LogP contribution < -0.4 is 21.1 Å². The van der Waals surface area contributed by atoms with Crippen molar-refractivity contribution in [1.82, 2.24) is 19.9 Å². The number of rotatable bonds is 6. The van der Waals surface area contributed by atoms with Gasteiger partial charge in [0.15, 0.2) is 0 Å². The molecule has 0 aliphatic carbocycles. The van der Waals surface area contributed by atoms with Crippen LogP contribution in [0.1, 0.15) is 5.69 Å². The van der Waals surface area contributed by atoms with E-state index in [1.54, 1.807) is 12.3 Å². The number of aromatic amines is 1. The van der Waals surface area contributed by atoms with E-state index in [9.17, 15) is 4.79 Å². The topological polar surface area (TPSA) is 108 Å². The highest BCUT2D eigenvalue weighted by Gasteiger charge is 2.13. The Morgan fingerprint density at radius 1 is 1.06 bits per heavy atom. The van der Waals surface area contributed by atoms with Gasteiger partial charge in [-0.1, -0.05) is 6.07 Å². The fourth-order valence-corrected chi connectivity index (χ4v) is 3.67. The highest BCUT2D eigenvalue weighted by molar-refractivity contribution is 5.92. The average Bonchev–Trinajstić information content (AvgIpc) is 2.84. The molecule has 4 aromatic rings. The van der Waals surface area contributed by atoms with Crippen molar-refractivity contribution in [3.8, 4) is 0 Å². The third-order valence-corrected chi connectivity index (χ3v) is 5.31. The number of ether oxygens (including phenoxy) is 1. The molecule has 0 amide bonds. The van der Waals surface area contributed by atoms with Crippen LogP contribution >= 0.6 is 0 Å². The van der Waals surface area contributed by atoms with Gasteiger partial charge in [0.05, 0.1) is 37.3 Å². The highest BCUT2D eigenvalue weighted by Crippen LogP contribution is 2.26. The molecule has 5 rings (SSSR count). The SMILES string of the molecule is O=c1[nH]cnc2cc(NCc3ccccn3)nc(Nc3ccc(N4CCOCC4)cc3)c12. The van der Waals surface area contributed by atoms with Gasteiger partial charge in [-0.2, -0.15) is 0 Å². The summed E-state index contributed by atoms with van der Waals surface area (Å²) >= 11 is 0. The minimum absolute atomic E-state index is 0.244. The van der Waals surface area contributed by atoms with Crippen LogP contribution in [0.2, 0.25) is 0 Å². The molecule has 1 aromatic carbocycles. The number of H-pyrrole nitrogens is 1. The van der Waals surface area contributed by atoms with Crippen LogP contribution in [0.5, 0.6) is 0 Å². The average molecular weight is 429 g/mol. The number of hydrogen-bond donors (Lipinski definition) is 3. The lowest BCUT2D eigenvalue weighted by molar-refractivity contribution is 0.122. The Hall–Kier alpha value is -3.98. The van der Waals surface area contributed by atoms with E-state index in [4.69, 9.17) is 4.74 Å². The standard InChI is InChI=1S/C23H23N7O2/c31-23-21-19(26-15-27-23)13-20(25-14-17-3-1-2-8-24-17)29-22(21)28-16-4-6-18(7-5-16)30-9-11-32-12-10-30/h1-8,13,15H,9-12,14H2,(H2,25,28,29)(H,26,27,31). The molecular weight excluding hydrogens is 406 g/mol. The van der Waals surface area contributed by atoms with Crippen molar-refractivity contribution in [2.24, 2.45) is 0 Å². The summed E-state index contributed by atoms with van der Waals surface area (Å²) in [6, 6.07) is 15.6. The van der Waals surface area contributed by atoms with Crippen LogP contribution in [0.4, 0.5) is 23.0 Å². The maximum absolute atomic E-state index is 12.5. The van der Waals surface area contributed by atoms with Gasteiger partial charge in [-0.05, 0) is 36.4 Å². The fraction of sp³-hybridized carbons (Fsp3) is 0.217. The Morgan fingerprint density at radius 3 is 2.69 bits per heavy atom. The Labute approximate surface area is 184 Å². The van der Waals surface area contributed by atoms with Gasteiger partial charge in [-0.25, -0.2) is 9.97 Å². The Bertz CT molecular complexity index is 1250. The molecule has 1 aliphatic rings. The molecule has 32 heavy (non-hydrogen) atoms. The monoisotopic (exact) mass is 429 g/mol. The lowest BCUT2D eigenvalue weighted by Gasteiger charge is -2.28. The lowest BCUT2D eigenvalue weighted by Crippen LogP contribution is -2.36. The second-order valence-electron chi connectivity index (χ2n) is 7.43. The van der Waals surface area contributed by atoms with Crippen LogP contribution in [0, 0.1) is 0 Å². The number of benzene rings is 1. The highest BCUT2D eigenvalue weighted by atomic mass is 16.5. The number of fused-ring (bicyclic) bond motifs is 1. The molecule has 1 aliphatic heterocycles. The van der Waals surface area contributed by atoms with Crippen LogP contribution in [0.15, 0.2) is 65.8 Å². The van der Waals surface area contributed by atoms with Crippen molar-refractivity contribution in [3.63, 3.8) is 0 Å². The van der Waals surface area contributed by atoms with Crippen molar-refractivity contribution < 1.29 is 4.74 Å². The molecule has 1 saturated heterocycles. The summed E-state index contributed by atoms with van der Waals surface area (Å²) in [5.74, 6) is 1.05. The number of pyridine rings is 2. The number of morpholine rings is 1. The minimum Gasteiger partial charge on any atom is -0.378 e. The van der Waals surface area contributed by atoms with Crippen LogP contribution in [0.25, 0.3) is 10.9 Å². The molecule has 9 heteroatoms. The number of nitrogens with one attached hydrogen (secondary N) is 3. The maximum atomic E-state index is 12.5. The first-order valence-electron chi connectivity index (χ1n) is 10.5. The van der Waals surface area contributed by atoms with Gasteiger partial charge >= 0.3 is 0 Å². The normalized spacial score (nSPS) is 13.8. The molecule has 4 heterocycles. The van der Waals surface area contributed by atoms with E-state index in [0.717, 1.165) is 43.4 Å². The molecule has 3 N–H and O–H groups in total. The molecule has 162 valence electrons. The Kier molecular flexibility index (Phi) is 5.63. The van der Waals surface area contributed by atoms with Gasteiger partial charge in [-0.3, -0.25) is 9.78 Å². The molecule has 0 saturated carbocycles. The third-order valence-electron chi connectivity index (χ3n) is 5.31. The van der Waals surface area contributed by atoms with E-state index in [0.29, 0.717) is 29.1 Å². The third kappa shape index (κ3) is 4.37. The second kappa shape index (κ2) is 9.03. The van der Waals surface area contributed by atoms with Gasteiger partial charge < -0.3 is 25.3 Å². The molecule has 3 aromatic heterocycles. The van der Waals surface area contributed by atoms with Crippen molar-refractivity contribution in [2.75, 3.05) is 41.8 Å². The predicted molar refractivity (Wildman–Crippen MR) is 124 cm³/mol. The van der Waals surface area contributed by atoms with Crippen molar-refractivity contribution >= 4 is 33.9 Å². The van der Waals surface area contributed by atoms with E-state index in [1.165, 1.54) is 6.33 Å². The van der Waals surface area contributed by atoms with Crippen LogP contribution in [0.3, 0.4) is 0 Å². The van der Waals surface area contributed by atoms with Crippen molar-refractivity contribution in [2.45, 2.75) is 6.54 Å². The summed E-state index contributed by atoms with van der Waals surface area (Å²) in [5, 5.41) is 6.96. The van der Waals surface area contributed by atoms with E-state index >= 15 is 0 Å². The Balaban J connectivity index is 1.42. The van der Waals surface area contributed by atoms with Crippen LogP contribution in [-0.4, -0.2) is 46.2 Å².